The van der Waals surface area contributed by atoms with E-state index in [0.29, 0.717) is 22.4 Å². The van der Waals surface area contributed by atoms with Crippen LogP contribution in [0.3, 0.4) is 0 Å². The summed E-state index contributed by atoms with van der Waals surface area (Å²) >= 11 is 0. The highest BCUT2D eigenvalue weighted by atomic mass is 32.2. The number of nitrogens with zero attached hydrogens (tertiary/aromatic N) is 2. The summed E-state index contributed by atoms with van der Waals surface area (Å²) in [6, 6.07) is 16.9. The third-order valence-corrected chi connectivity index (χ3v) is 5.24. The SMILES string of the molecule is CC1=CC(=N/C(=N\S(=O)(=O)c2ccccc2)c2ccccc2)C=C(C)C1=O. The summed E-state index contributed by atoms with van der Waals surface area (Å²) in [4.78, 5) is 16.5. The van der Waals surface area contributed by atoms with Crippen molar-refractivity contribution in [2.45, 2.75) is 18.7 Å². The maximum absolute atomic E-state index is 12.7. The minimum absolute atomic E-state index is 0.0518. The van der Waals surface area contributed by atoms with Gasteiger partial charge in [0.1, 0.15) is 0 Å². The van der Waals surface area contributed by atoms with Crippen molar-refractivity contribution in [2.75, 3.05) is 0 Å². The number of amidine groups is 1. The van der Waals surface area contributed by atoms with Crippen molar-refractivity contribution in [3.63, 3.8) is 0 Å². The smallest absolute Gasteiger partial charge is 0.284 e. The lowest BCUT2D eigenvalue weighted by atomic mass is 9.98. The van der Waals surface area contributed by atoms with E-state index in [9.17, 15) is 13.2 Å². The van der Waals surface area contributed by atoms with E-state index in [2.05, 4.69) is 9.39 Å². The quantitative estimate of drug-likeness (QED) is 0.464. The van der Waals surface area contributed by atoms with Crippen molar-refractivity contribution in [1.29, 1.82) is 0 Å². The molecule has 0 saturated carbocycles. The first-order chi connectivity index (χ1) is 12.9. The van der Waals surface area contributed by atoms with Crippen molar-refractivity contribution in [3.8, 4) is 0 Å². The Kier molecular flexibility index (Phi) is 5.28. The topological polar surface area (TPSA) is 75.9 Å². The van der Waals surface area contributed by atoms with Crippen LogP contribution < -0.4 is 0 Å². The molecule has 0 aromatic heterocycles. The number of sulfonamides is 1. The fourth-order valence-corrected chi connectivity index (χ4v) is 3.58. The molecule has 0 bridgehead atoms. The monoisotopic (exact) mass is 378 g/mol. The van der Waals surface area contributed by atoms with Crippen molar-refractivity contribution < 1.29 is 13.2 Å². The zero-order valence-electron chi connectivity index (χ0n) is 15.0. The van der Waals surface area contributed by atoms with Crippen LogP contribution in [0.25, 0.3) is 0 Å². The second kappa shape index (κ2) is 7.63. The first-order valence-electron chi connectivity index (χ1n) is 8.32. The van der Waals surface area contributed by atoms with E-state index in [-0.39, 0.29) is 16.5 Å². The van der Waals surface area contributed by atoms with E-state index in [1.807, 2.05) is 6.07 Å². The number of aliphatic imine (C=N–C) groups is 1. The normalized spacial score (nSPS) is 15.3. The summed E-state index contributed by atoms with van der Waals surface area (Å²) in [5, 5.41) is 0. The molecule has 1 aliphatic carbocycles. The van der Waals surface area contributed by atoms with Gasteiger partial charge in [0.2, 0.25) is 0 Å². The molecule has 0 radical (unpaired) electrons. The first kappa shape index (κ1) is 18.7. The Bertz CT molecular complexity index is 1070. The minimum Gasteiger partial charge on any atom is -0.289 e. The lowest BCUT2D eigenvalue weighted by Crippen LogP contribution is -2.13. The highest BCUT2D eigenvalue weighted by Crippen LogP contribution is 2.17. The van der Waals surface area contributed by atoms with Crippen LogP contribution in [-0.2, 0) is 14.8 Å². The predicted octanol–water partition coefficient (Wildman–Crippen LogP) is 3.74. The number of carbonyl (C=O) groups excluding carboxylic acids is 1. The fourth-order valence-electron chi connectivity index (χ4n) is 2.60. The molecular formula is C21H18N2O3S. The Balaban J connectivity index is 2.14. The lowest BCUT2D eigenvalue weighted by molar-refractivity contribution is -0.112. The third-order valence-electron chi connectivity index (χ3n) is 3.96. The molecule has 0 fully saturated rings. The predicted molar refractivity (Wildman–Crippen MR) is 107 cm³/mol. The number of allylic oxidation sites excluding steroid dienone is 4. The molecule has 0 amide bonds. The molecule has 27 heavy (non-hydrogen) atoms. The van der Waals surface area contributed by atoms with Gasteiger partial charge in [-0.25, -0.2) is 4.99 Å². The van der Waals surface area contributed by atoms with Crippen LogP contribution in [0.5, 0.6) is 0 Å². The van der Waals surface area contributed by atoms with E-state index in [0.717, 1.165) is 0 Å². The summed E-state index contributed by atoms with van der Waals surface area (Å²) in [7, 11) is -3.92. The Hall–Kier alpha value is -3.12. The second-order valence-corrected chi connectivity index (χ2v) is 7.69. The number of hydrogen-bond acceptors (Lipinski definition) is 3. The van der Waals surface area contributed by atoms with Crippen LogP contribution in [0.15, 0.2) is 98.2 Å². The average Bonchev–Trinajstić information content (AvgIpc) is 2.67. The molecule has 0 unspecified atom stereocenters. The third kappa shape index (κ3) is 4.35. The number of rotatable bonds is 3. The molecule has 0 atom stereocenters. The van der Waals surface area contributed by atoms with Gasteiger partial charge in [-0.3, -0.25) is 4.79 Å². The molecule has 0 saturated heterocycles. The van der Waals surface area contributed by atoms with Crippen LogP contribution >= 0.6 is 0 Å². The highest BCUT2D eigenvalue weighted by molar-refractivity contribution is 7.90. The molecule has 2 aromatic carbocycles. The van der Waals surface area contributed by atoms with Gasteiger partial charge in [0, 0.05) is 5.56 Å². The zero-order chi connectivity index (χ0) is 19.4. The maximum Gasteiger partial charge on any atom is 0.284 e. The highest BCUT2D eigenvalue weighted by Gasteiger charge is 2.17. The standard InChI is InChI=1S/C21H18N2O3S/c1-15-13-18(14-16(2)20(15)24)22-21(17-9-5-3-6-10-17)23-27(25,26)19-11-7-4-8-12-19/h3-14H,1-2H3/b23-21-. The molecule has 2 aromatic rings. The Morgan fingerprint density at radius 3 is 1.89 bits per heavy atom. The van der Waals surface area contributed by atoms with E-state index in [1.165, 1.54) is 12.1 Å². The molecule has 6 heteroatoms. The Morgan fingerprint density at radius 2 is 1.33 bits per heavy atom. The molecule has 1 aliphatic rings. The molecule has 0 spiro atoms. The fraction of sp³-hybridized carbons (Fsp3) is 0.0952. The van der Waals surface area contributed by atoms with Gasteiger partial charge in [-0.15, -0.1) is 4.40 Å². The van der Waals surface area contributed by atoms with Crippen molar-refractivity contribution in [3.05, 3.63) is 89.5 Å². The number of ketones is 1. The summed E-state index contributed by atoms with van der Waals surface area (Å²) < 4.78 is 29.4. The average molecular weight is 378 g/mol. The summed E-state index contributed by atoms with van der Waals surface area (Å²) in [6.07, 6.45) is 3.26. The zero-order valence-corrected chi connectivity index (χ0v) is 15.8. The van der Waals surface area contributed by atoms with Crippen LogP contribution in [0.4, 0.5) is 0 Å². The minimum atomic E-state index is -3.92. The van der Waals surface area contributed by atoms with Gasteiger partial charge < -0.3 is 0 Å². The van der Waals surface area contributed by atoms with E-state index >= 15 is 0 Å². The van der Waals surface area contributed by atoms with Gasteiger partial charge in [0.25, 0.3) is 10.0 Å². The van der Waals surface area contributed by atoms with E-state index < -0.39 is 10.0 Å². The van der Waals surface area contributed by atoms with E-state index in [1.54, 1.807) is 68.5 Å². The van der Waals surface area contributed by atoms with Crippen molar-refractivity contribution in [2.24, 2.45) is 9.39 Å². The molecule has 0 heterocycles. The number of Topliss-reactive ketones (excluding diaryl/α,β-unsaturated/α-hetero) is 1. The Labute approximate surface area is 158 Å². The molecule has 5 nitrogen and oxygen atoms in total. The summed E-state index contributed by atoms with van der Waals surface area (Å²) in [5.74, 6) is 0.0148. The lowest BCUT2D eigenvalue weighted by Gasteiger charge is -2.10. The van der Waals surface area contributed by atoms with Crippen LogP contribution in [0, 0.1) is 0 Å². The van der Waals surface area contributed by atoms with Crippen molar-refractivity contribution >= 4 is 27.4 Å². The largest absolute Gasteiger partial charge is 0.289 e. The number of benzene rings is 2. The number of carbonyl (C=O) groups is 1. The molecule has 136 valence electrons. The molecule has 0 aliphatic heterocycles. The number of hydrogen-bond donors (Lipinski definition) is 0. The van der Waals surface area contributed by atoms with Gasteiger partial charge in [-0.05, 0) is 49.3 Å². The van der Waals surface area contributed by atoms with Crippen molar-refractivity contribution in [1.82, 2.24) is 0 Å². The van der Waals surface area contributed by atoms with Gasteiger partial charge in [-0.1, -0.05) is 48.5 Å². The first-order valence-corrected chi connectivity index (χ1v) is 9.76. The maximum atomic E-state index is 12.7. The molecule has 3 rings (SSSR count). The van der Waals surface area contributed by atoms with Crippen LogP contribution in [-0.4, -0.2) is 25.7 Å². The van der Waals surface area contributed by atoms with Gasteiger partial charge >= 0.3 is 0 Å². The van der Waals surface area contributed by atoms with Gasteiger partial charge in [0.15, 0.2) is 11.6 Å². The summed E-state index contributed by atoms with van der Waals surface area (Å²) in [6.45, 7) is 3.41. The van der Waals surface area contributed by atoms with Crippen LogP contribution in [0.2, 0.25) is 0 Å². The van der Waals surface area contributed by atoms with E-state index in [4.69, 9.17) is 0 Å². The summed E-state index contributed by atoms with van der Waals surface area (Å²) in [5.41, 5.74) is 2.15. The second-order valence-electron chi connectivity index (χ2n) is 6.09. The molecular weight excluding hydrogens is 360 g/mol. The van der Waals surface area contributed by atoms with Crippen LogP contribution in [0.1, 0.15) is 19.4 Å². The van der Waals surface area contributed by atoms with Gasteiger partial charge in [-0.2, -0.15) is 8.42 Å². The van der Waals surface area contributed by atoms with Gasteiger partial charge in [0.05, 0.1) is 10.6 Å². The Morgan fingerprint density at radius 1 is 0.815 bits per heavy atom. The molecule has 0 N–H and O–H groups in total.